The Bertz CT molecular complexity index is 545. The molecule has 154 valence electrons. The van der Waals surface area contributed by atoms with E-state index in [1.165, 1.54) is 11.1 Å². The Kier molecular flexibility index (Phi) is 23.5. The van der Waals surface area contributed by atoms with Gasteiger partial charge in [0.15, 0.2) is 5.78 Å². The highest BCUT2D eigenvalue weighted by atomic mass is 79.9. The van der Waals surface area contributed by atoms with Crippen molar-refractivity contribution in [3.8, 4) is 0 Å². The molecule has 0 radical (unpaired) electrons. The summed E-state index contributed by atoms with van der Waals surface area (Å²) in [5, 5.41) is 0.375. The van der Waals surface area contributed by atoms with Gasteiger partial charge in [0, 0.05) is 0 Å². The van der Waals surface area contributed by atoms with Crippen LogP contribution in [0.1, 0.15) is 83.6 Å². The third-order valence-electron chi connectivity index (χ3n) is 3.20. The van der Waals surface area contributed by atoms with Crippen molar-refractivity contribution in [3.05, 3.63) is 70.8 Å². The molecular weight excluding hydrogens is 396 g/mol. The molecule has 2 aromatic carbocycles. The Balaban J connectivity index is -0.000000638. The van der Waals surface area contributed by atoms with Crippen molar-refractivity contribution in [3.63, 3.8) is 0 Å². The second-order valence-electron chi connectivity index (χ2n) is 4.86. The molecule has 27 heavy (non-hydrogen) atoms. The largest absolute Gasteiger partial charge is 0.298 e. The number of Topliss-reactive ketones (excluding diaryl/α,β-unsaturated/α-hetero) is 1. The lowest BCUT2D eigenvalue weighted by atomic mass is 9.87. The summed E-state index contributed by atoms with van der Waals surface area (Å²) < 4.78 is 0. The third kappa shape index (κ3) is 11.8. The van der Waals surface area contributed by atoms with Gasteiger partial charge in [0.25, 0.3) is 0 Å². The van der Waals surface area contributed by atoms with Crippen LogP contribution in [0.4, 0.5) is 0 Å². The van der Waals surface area contributed by atoms with Gasteiger partial charge in [-0.15, -0.1) is 0 Å². The molecule has 0 unspecified atom stereocenters. The molecule has 0 aliphatic rings. The van der Waals surface area contributed by atoms with Gasteiger partial charge in [0.2, 0.25) is 0 Å². The van der Waals surface area contributed by atoms with Gasteiger partial charge in [-0.25, -0.2) is 0 Å². The first-order valence-electron chi connectivity index (χ1n) is 10.3. The maximum atomic E-state index is 12.3. The summed E-state index contributed by atoms with van der Waals surface area (Å²) in [6.07, 6.45) is 0. The predicted molar refractivity (Wildman–Crippen MR) is 128 cm³/mol. The van der Waals surface area contributed by atoms with E-state index in [0.29, 0.717) is 5.33 Å². The zero-order valence-corrected chi connectivity index (χ0v) is 20.8. The molecule has 0 bridgehead atoms. The van der Waals surface area contributed by atoms with Gasteiger partial charge in [0.1, 0.15) is 0 Å². The minimum atomic E-state index is -0.181. The van der Waals surface area contributed by atoms with E-state index >= 15 is 0 Å². The SMILES string of the molecule is CC.CC.CC.CC.Cc1cccc(C(C(=O)CBr)c2cccc(C)c2)c1. The lowest BCUT2D eigenvalue weighted by molar-refractivity contribution is -0.117. The normalized spacial score (nSPS) is 8.44. The summed E-state index contributed by atoms with van der Waals surface area (Å²) >= 11 is 3.30. The van der Waals surface area contributed by atoms with Crippen molar-refractivity contribution >= 4 is 21.7 Å². The Labute approximate surface area is 177 Å². The van der Waals surface area contributed by atoms with E-state index in [1.807, 2.05) is 79.7 Å². The second-order valence-corrected chi connectivity index (χ2v) is 5.42. The highest BCUT2D eigenvalue weighted by Crippen LogP contribution is 2.27. The van der Waals surface area contributed by atoms with Crippen molar-refractivity contribution in [2.45, 2.75) is 75.2 Å². The van der Waals surface area contributed by atoms with Crippen LogP contribution in [0.2, 0.25) is 0 Å². The summed E-state index contributed by atoms with van der Waals surface area (Å²) in [5.41, 5.74) is 4.49. The smallest absolute Gasteiger partial charge is 0.155 e. The van der Waals surface area contributed by atoms with Gasteiger partial charge in [0.05, 0.1) is 11.2 Å². The van der Waals surface area contributed by atoms with Crippen LogP contribution in [0.3, 0.4) is 0 Å². The fraction of sp³-hybridized carbons (Fsp3) is 0.480. The van der Waals surface area contributed by atoms with E-state index in [4.69, 9.17) is 0 Å². The van der Waals surface area contributed by atoms with Gasteiger partial charge in [-0.1, -0.05) is 131 Å². The number of hydrogen-bond donors (Lipinski definition) is 0. The van der Waals surface area contributed by atoms with Crippen LogP contribution in [0, 0.1) is 13.8 Å². The first-order valence-corrected chi connectivity index (χ1v) is 11.5. The number of carbonyl (C=O) groups excluding carboxylic acids is 1. The van der Waals surface area contributed by atoms with Gasteiger partial charge in [-0.3, -0.25) is 4.79 Å². The Morgan fingerprint density at radius 2 is 1.07 bits per heavy atom. The molecule has 0 amide bonds. The van der Waals surface area contributed by atoms with Gasteiger partial charge in [-0.05, 0) is 25.0 Å². The van der Waals surface area contributed by atoms with Crippen LogP contribution in [-0.2, 0) is 4.79 Å². The fourth-order valence-corrected chi connectivity index (χ4v) is 2.66. The minimum Gasteiger partial charge on any atom is -0.298 e. The number of benzene rings is 2. The molecule has 0 fully saturated rings. The number of carbonyl (C=O) groups is 1. The molecule has 2 heteroatoms. The molecule has 2 aromatic rings. The van der Waals surface area contributed by atoms with Crippen molar-refractivity contribution in [2.24, 2.45) is 0 Å². The maximum Gasteiger partial charge on any atom is 0.155 e. The molecule has 0 atom stereocenters. The molecule has 0 aromatic heterocycles. The van der Waals surface area contributed by atoms with Crippen LogP contribution >= 0.6 is 15.9 Å². The topological polar surface area (TPSA) is 17.1 Å². The molecule has 0 aliphatic heterocycles. The minimum absolute atomic E-state index is 0.181. The maximum absolute atomic E-state index is 12.3. The van der Waals surface area contributed by atoms with Crippen molar-refractivity contribution in [2.75, 3.05) is 5.33 Å². The average molecular weight is 438 g/mol. The Morgan fingerprint density at radius 1 is 0.741 bits per heavy atom. The molecule has 0 saturated heterocycles. The molecule has 0 N–H and O–H groups in total. The van der Waals surface area contributed by atoms with E-state index in [1.54, 1.807) is 0 Å². The molecule has 0 saturated carbocycles. The Hall–Kier alpha value is -1.41. The average Bonchev–Trinajstić information content (AvgIpc) is 2.74. The van der Waals surface area contributed by atoms with Crippen LogP contribution in [0.25, 0.3) is 0 Å². The summed E-state index contributed by atoms with van der Waals surface area (Å²) in [6, 6.07) is 16.4. The van der Waals surface area contributed by atoms with Crippen LogP contribution in [0.15, 0.2) is 48.5 Å². The molecule has 0 aliphatic carbocycles. The van der Waals surface area contributed by atoms with Crippen LogP contribution in [0.5, 0.6) is 0 Å². The summed E-state index contributed by atoms with van der Waals surface area (Å²) in [6.45, 7) is 20.1. The zero-order chi connectivity index (χ0) is 21.8. The van der Waals surface area contributed by atoms with Crippen LogP contribution in [-0.4, -0.2) is 11.1 Å². The summed E-state index contributed by atoms with van der Waals surface area (Å²) in [5.74, 6) is 0.00961. The zero-order valence-electron chi connectivity index (χ0n) is 19.2. The van der Waals surface area contributed by atoms with Gasteiger partial charge in [-0.2, -0.15) is 0 Å². The standard InChI is InChI=1S/C17H17BrO.4C2H6/c1-12-5-3-7-14(9-12)17(16(19)11-18)15-8-4-6-13(2)10-15;4*1-2/h3-10,17H,11H2,1-2H3;4*1-2H3. The number of halogens is 1. The second kappa shape index (κ2) is 20.9. The lowest BCUT2D eigenvalue weighted by Crippen LogP contribution is -2.15. The van der Waals surface area contributed by atoms with E-state index in [-0.39, 0.29) is 11.7 Å². The molecule has 0 heterocycles. The summed E-state index contributed by atoms with van der Waals surface area (Å²) in [4.78, 5) is 12.3. The number of aryl methyl sites for hydroxylation is 2. The van der Waals surface area contributed by atoms with Crippen molar-refractivity contribution < 1.29 is 4.79 Å². The number of hydrogen-bond acceptors (Lipinski definition) is 1. The monoisotopic (exact) mass is 436 g/mol. The number of rotatable bonds is 4. The van der Waals surface area contributed by atoms with E-state index in [0.717, 1.165) is 11.1 Å². The first-order chi connectivity index (χ1) is 13.1. The molecular formula is C25H41BrO. The fourth-order valence-electron chi connectivity index (χ4n) is 2.34. The molecule has 2 rings (SSSR count). The summed E-state index contributed by atoms with van der Waals surface area (Å²) in [7, 11) is 0. The Morgan fingerprint density at radius 3 is 1.33 bits per heavy atom. The van der Waals surface area contributed by atoms with Crippen molar-refractivity contribution in [1.29, 1.82) is 0 Å². The van der Waals surface area contributed by atoms with Crippen molar-refractivity contribution in [1.82, 2.24) is 0 Å². The number of alkyl halides is 1. The van der Waals surface area contributed by atoms with E-state index in [9.17, 15) is 4.79 Å². The highest BCUT2D eigenvalue weighted by Gasteiger charge is 2.21. The predicted octanol–water partition coefficient (Wildman–Crippen LogP) is 8.50. The third-order valence-corrected chi connectivity index (χ3v) is 3.76. The van der Waals surface area contributed by atoms with E-state index < -0.39 is 0 Å². The van der Waals surface area contributed by atoms with Gasteiger partial charge >= 0.3 is 0 Å². The number of ketones is 1. The quantitative estimate of drug-likeness (QED) is 0.438. The lowest BCUT2D eigenvalue weighted by Gasteiger charge is -2.17. The highest BCUT2D eigenvalue weighted by molar-refractivity contribution is 9.09. The molecule has 1 nitrogen and oxygen atoms in total. The van der Waals surface area contributed by atoms with Crippen LogP contribution < -0.4 is 0 Å². The first kappa shape index (κ1) is 30.3. The van der Waals surface area contributed by atoms with E-state index in [2.05, 4.69) is 54.0 Å². The van der Waals surface area contributed by atoms with Gasteiger partial charge < -0.3 is 0 Å². The molecule has 0 spiro atoms.